The summed E-state index contributed by atoms with van der Waals surface area (Å²) in [6, 6.07) is -1.19. The topological polar surface area (TPSA) is 81.2 Å². The number of aliphatic hydroxyl groups excluding tert-OH is 1. The van der Waals surface area contributed by atoms with Gasteiger partial charge in [-0.1, -0.05) is 45.1 Å². The van der Waals surface area contributed by atoms with Crippen LogP contribution in [0.1, 0.15) is 47.5 Å². The number of hydrogen-bond acceptors (Lipinski definition) is 5. The van der Waals surface area contributed by atoms with Gasteiger partial charge < -0.3 is 19.8 Å². The first-order valence-electron chi connectivity index (χ1n) is 12.7. The van der Waals surface area contributed by atoms with E-state index in [-0.39, 0.29) is 41.5 Å². The quantitative estimate of drug-likeness (QED) is 0.555. The molecular weight excluding hydrogens is 450 g/mol. The maximum Gasteiger partial charge on any atom is 0.247 e. The van der Waals surface area contributed by atoms with E-state index in [1.165, 1.54) is 0 Å². The van der Waals surface area contributed by atoms with Gasteiger partial charge in [0.25, 0.3) is 0 Å². The van der Waals surface area contributed by atoms with Crippen LogP contribution in [0, 0.1) is 17.8 Å². The lowest BCUT2D eigenvalue weighted by Crippen LogP contribution is -2.57. The van der Waals surface area contributed by atoms with Crippen LogP contribution in [0.4, 0.5) is 0 Å². The molecule has 1 spiro atoms. The highest BCUT2D eigenvalue weighted by Crippen LogP contribution is 2.61. The number of carbonyl (C=O) groups is 3. The summed E-state index contributed by atoms with van der Waals surface area (Å²) in [6.07, 6.45) is 9.63. The van der Waals surface area contributed by atoms with E-state index in [1.807, 2.05) is 42.7 Å². The number of carbonyl (C=O) groups excluding carboxylic acids is 3. The minimum Gasteiger partial charge on any atom is -0.394 e. The van der Waals surface area contributed by atoms with Gasteiger partial charge in [-0.15, -0.1) is 11.8 Å². The summed E-state index contributed by atoms with van der Waals surface area (Å²) in [5, 5.41) is 10.2. The van der Waals surface area contributed by atoms with Crippen molar-refractivity contribution >= 4 is 29.5 Å². The second kappa shape index (κ2) is 9.69. The zero-order chi connectivity index (χ0) is 24.8. The lowest BCUT2D eigenvalue weighted by atomic mass is 9.78. The van der Waals surface area contributed by atoms with E-state index in [2.05, 4.69) is 26.0 Å². The lowest BCUT2D eigenvalue weighted by molar-refractivity contribution is -0.147. The minimum absolute atomic E-state index is 0.00962. The highest BCUT2D eigenvalue weighted by atomic mass is 32.2. The van der Waals surface area contributed by atoms with E-state index < -0.39 is 28.7 Å². The minimum atomic E-state index is -0.813. The van der Waals surface area contributed by atoms with Gasteiger partial charge in [-0.05, 0) is 32.6 Å². The summed E-state index contributed by atoms with van der Waals surface area (Å²) < 4.78 is -0.813. The molecule has 0 radical (unpaired) electrons. The number of likely N-dealkylation sites (tertiary alicyclic amines) is 1. The molecule has 0 aromatic heterocycles. The van der Waals surface area contributed by atoms with E-state index in [4.69, 9.17) is 0 Å². The van der Waals surface area contributed by atoms with Crippen molar-refractivity contribution in [1.29, 1.82) is 0 Å². The van der Waals surface area contributed by atoms with Gasteiger partial charge in [-0.25, -0.2) is 0 Å². The molecule has 1 N–H and O–H groups in total. The third-order valence-electron chi connectivity index (χ3n) is 7.68. The molecule has 0 aromatic carbocycles. The van der Waals surface area contributed by atoms with Crippen LogP contribution < -0.4 is 0 Å². The second-order valence-electron chi connectivity index (χ2n) is 10.8. The molecule has 2 fully saturated rings. The average molecular weight is 490 g/mol. The first kappa shape index (κ1) is 25.3. The molecule has 4 aliphatic heterocycles. The first-order valence-corrected chi connectivity index (χ1v) is 13.6. The van der Waals surface area contributed by atoms with Gasteiger partial charge in [0, 0.05) is 30.9 Å². The van der Waals surface area contributed by atoms with Crippen molar-refractivity contribution in [3.8, 4) is 0 Å². The molecule has 0 aliphatic carbocycles. The number of fused-ring (bicyclic) bond motifs is 2. The maximum atomic E-state index is 14.2. The van der Waals surface area contributed by atoms with E-state index in [0.717, 1.165) is 6.42 Å². The fourth-order valence-electron chi connectivity index (χ4n) is 6.30. The number of aliphatic hydroxyl groups is 1. The van der Waals surface area contributed by atoms with Gasteiger partial charge in [0.05, 0.1) is 29.2 Å². The van der Waals surface area contributed by atoms with Gasteiger partial charge in [-0.3, -0.25) is 14.4 Å². The largest absolute Gasteiger partial charge is 0.394 e. The Kier molecular flexibility index (Phi) is 7.21. The monoisotopic (exact) mass is 489 g/mol. The molecule has 4 rings (SSSR count). The summed E-state index contributed by atoms with van der Waals surface area (Å²) in [5.41, 5.74) is 0. The summed E-state index contributed by atoms with van der Waals surface area (Å²) in [5.74, 6) is -1.10. The summed E-state index contributed by atoms with van der Waals surface area (Å²) in [6.45, 7) is 11.6. The third-order valence-corrected chi connectivity index (χ3v) is 9.42. The van der Waals surface area contributed by atoms with Crippen molar-refractivity contribution < 1.29 is 19.5 Å². The predicted octanol–water partition coefficient (Wildman–Crippen LogP) is 2.31. The van der Waals surface area contributed by atoms with Crippen LogP contribution in [0.3, 0.4) is 0 Å². The summed E-state index contributed by atoms with van der Waals surface area (Å²) in [7, 11) is 0. The smallest absolute Gasteiger partial charge is 0.247 e. The van der Waals surface area contributed by atoms with Gasteiger partial charge >= 0.3 is 0 Å². The van der Waals surface area contributed by atoms with Crippen LogP contribution in [-0.2, 0) is 14.4 Å². The van der Waals surface area contributed by atoms with Crippen LogP contribution in [-0.4, -0.2) is 91.9 Å². The molecule has 8 heteroatoms. The van der Waals surface area contributed by atoms with E-state index in [0.29, 0.717) is 26.1 Å². The normalized spacial score (nSPS) is 34.0. The highest BCUT2D eigenvalue weighted by Gasteiger charge is 2.71. The van der Waals surface area contributed by atoms with Crippen molar-refractivity contribution in [3.05, 3.63) is 24.3 Å². The zero-order valence-corrected chi connectivity index (χ0v) is 21.8. The molecule has 2 saturated heterocycles. The van der Waals surface area contributed by atoms with Gasteiger partial charge in [-0.2, -0.15) is 0 Å². The summed E-state index contributed by atoms with van der Waals surface area (Å²) >= 11 is 1.61. The molecule has 1 unspecified atom stereocenters. The van der Waals surface area contributed by atoms with Crippen LogP contribution in [0.25, 0.3) is 0 Å². The highest BCUT2D eigenvalue weighted by molar-refractivity contribution is 8.02. The third kappa shape index (κ3) is 3.91. The van der Waals surface area contributed by atoms with Crippen LogP contribution >= 0.6 is 11.8 Å². The van der Waals surface area contributed by atoms with Crippen LogP contribution in [0.2, 0.25) is 0 Å². The Bertz CT molecular complexity index is 887. The molecule has 6 atom stereocenters. The molecule has 0 bridgehead atoms. The standard InChI is InChI=1S/C26H39N3O4S/c1-6-11-27-12-7-9-19-20(23(27)31)21-24(32)29(18(15-30)14-16(2)3)22-25(33)28(17(4)5)13-8-10-26(21,22)34-19/h7-10,16-22,30H,6,11-15H2,1-5H3/t18-,19-,20+,21+,22?,26+/m1/s1. The van der Waals surface area contributed by atoms with Gasteiger partial charge in [0.1, 0.15) is 6.04 Å². The molecular formula is C26H39N3O4S. The Balaban J connectivity index is 1.85. The van der Waals surface area contributed by atoms with Crippen molar-refractivity contribution in [2.75, 3.05) is 26.2 Å². The van der Waals surface area contributed by atoms with E-state index in [1.54, 1.807) is 16.7 Å². The van der Waals surface area contributed by atoms with Crippen molar-refractivity contribution in [2.45, 2.75) is 75.6 Å². The number of nitrogens with zero attached hydrogens (tertiary/aromatic N) is 3. The Hall–Kier alpha value is -1.80. The van der Waals surface area contributed by atoms with Crippen LogP contribution in [0.5, 0.6) is 0 Å². The Morgan fingerprint density at radius 2 is 1.82 bits per heavy atom. The van der Waals surface area contributed by atoms with Crippen molar-refractivity contribution in [3.63, 3.8) is 0 Å². The van der Waals surface area contributed by atoms with Gasteiger partial charge in [0.2, 0.25) is 17.7 Å². The fraction of sp³-hybridized carbons (Fsp3) is 0.731. The molecule has 7 nitrogen and oxygen atoms in total. The number of amides is 3. The number of rotatable bonds is 7. The average Bonchev–Trinajstić information content (AvgIpc) is 3.10. The Morgan fingerprint density at radius 1 is 1.09 bits per heavy atom. The maximum absolute atomic E-state index is 14.2. The molecule has 4 heterocycles. The molecule has 188 valence electrons. The van der Waals surface area contributed by atoms with Crippen molar-refractivity contribution in [1.82, 2.24) is 14.7 Å². The summed E-state index contributed by atoms with van der Waals surface area (Å²) in [4.78, 5) is 47.4. The lowest BCUT2D eigenvalue weighted by Gasteiger charge is -2.39. The van der Waals surface area contributed by atoms with Gasteiger partial charge in [0.15, 0.2) is 0 Å². The van der Waals surface area contributed by atoms with E-state index in [9.17, 15) is 19.5 Å². The van der Waals surface area contributed by atoms with Crippen molar-refractivity contribution in [2.24, 2.45) is 17.8 Å². The Morgan fingerprint density at radius 3 is 2.44 bits per heavy atom. The molecule has 0 saturated carbocycles. The number of hydrogen-bond donors (Lipinski definition) is 1. The first-order chi connectivity index (χ1) is 16.2. The SMILES string of the molecule is CCCN1CC=C[C@H]2S[C@]34C=CCN(C(C)C)C(=O)C3N([C@@H](CO)CC(C)C)C(=O)[C@@H]4[C@H]2C1=O. The Labute approximate surface area is 207 Å². The molecule has 3 amide bonds. The molecule has 0 aromatic rings. The molecule has 34 heavy (non-hydrogen) atoms. The molecule has 4 aliphatic rings. The fourth-order valence-corrected chi connectivity index (χ4v) is 8.29. The van der Waals surface area contributed by atoms with E-state index >= 15 is 0 Å². The second-order valence-corrected chi connectivity index (χ2v) is 12.2. The van der Waals surface area contributed by atoms with Crippen LogP contribution in [0.15, 0.2) is 24.3 Å². The predicted molar refractivity (Wildman–Crippen MR) is 134 cm³/mol. The number of thioether (sulfide) groups is 1. The zero-order valence-electron chi connectivity index (χ0n) is 21.0.